The van der Waals surface area contributed by atoms with Crippen molar-refractivity contribution in [2.75, 3.05) is 5.75 Å². The van der Waals surface area contributed by atoms with E-state index in [0.29, 0.717) is 5.75 Å². The van der Waals surface area contributed by atoms with Crippen molar-refractivity contribution < 1.29 is 4.79 Å². The van der Waals surface area contributed by atoms with E-state index in [1.807, 2.05) is 13.8 Å². The first-order valence-electron chi connectivity index (χ1n) is 3.75. The van der Waals surface area contributed by atoms with Gasteiger partial charge in [0, 0.05) is 17.6 Å². The number of nitrogens with zero attached hydrogens (tertiary/aromatic N) is 3. The summed E-state index contributed by atoms with van der Waals surface area (Å²) in [4.78, 5) is 11.2. The zero-order valence-electron chi connectivity index (χ0n) is 7.35. The number of carbonyl (C=O) groups excluding carboxylic acids is 1. The van der Waals surface area contributed by atoms with Crippen LogP contribution in [0.25, 0.3) is 0 Å². The Bertz CT molecular complexity index is 262. The van der Waals surface area contributed by atoms with E-state index in [1.54, 1.807) is 0 Å². The lowest BCUT2D eigenvalue weighted by molar-refractivity contribution is -0.119. The Balaban J connectivity index is 2.23. The Labute approximate surface area is 84.5 Å². The number of hydrogen-bond acceptors (Lipinski definition) is 6. The minimum absolute atomic E-state index is 0.00944. The number of nitrogens with one attached hydrogen (secondary N) is 1. The Morgan fingerprint density at radius 2 is 2.46 bits per heavy atom. The number of aromatic nitrogens is 3. The molecule has 0 saturated carbocycles. The fraction of sp³-hybridized carbons (Fsp3) is 0.667. The summed E-state index contributed by atoms with van der Waals surface area (Å²) in [5.41, 5.74) is 0. The minimum Gasteiger partial charge on any atom is -0.353 e. The smallest absolute Gasteiger partial charge is 0.230 e. The average molecular weight is 218 g/mol. The largest absolute Gasteiger partial charge is 0.353 e. The third kappa shape index (κ3) is 4.18. The highest BCUT2D eigenvalue weighted by Gasteiger charge is 2.06. The highest BCUT2D eigenvalue weighted by atomic mass is 32.2. The van der Waals surface area contributed by atoms with Gasteiger partial charge in [-0.2, -0.15) is 0 Å². The predicted octanol–water partition coefficient (Wildman–Crippen LogP) is 0.550. The lowest BCUT2D eigenvalue weighted by atomic mass is 10.4. The molecule has 0 aliphatic heterocycles. The van der Waals surface area contributed by atoms with Crippen LogP contribution in [0.1, 0.15) is 13.8 Å². The SMILES string of the molecule is CC(C)NC(=O)CSc1nnns1. The van der Waals surface area contributed by atoms with Gasteiger partial charge >= 0.3 is 0 Å². The molecule has 0 aromatic carbocycles. The molecule has 72 valence electrons. The molecule has 13 heavy (non-hydrogen) atoms. The van der Waals surface area contributed by atoms with Crippen LogP contribution in [0.5, 0.6) is 0 Å². The van der Waals surface area contributed by atoms with Gasteiger partial charge in [-0.05, 0) is 19.1 Å². The normalized spacial score (nSPS) is 10.4. The summed E-state index contributed by atoms with van der Waals surface area (Å²) in [6.45, 7) is 3.85. The highest BCUT2D eigenvalue weighted by Crippen LogP contribution is 2.16. The van der Waals surface area contributed by atoms with Crippen LogP contribution in [-0.4, -0.2) is 32.5 Å². The molecule has 0 saturated heterocycles. The Morgan fingerprint density at radius 1 is 1.69 bits per heavy atom. The van der Waals surface area contributed by atoms with Crippen LogP contribution in [0.2, 0.25) is 0 Å². The molecule has 0 atom stereocenters. The molecule has 0 radical (unpaired) electrons. The van der Waals surface area contributed by atoms with Crippen molar-refractivity contribution in [2.24, 2.45) is 0 Å². The first-order chi connectivity index (χ1) is 6.18. The Morgan fingerprint density at radius 3 is 3.00 bits per heavy atom. The first kappa shape index (κ1) is 10.4. The molecule has 1 aromatic heterocycles. The number of hydrogen-bond donors (Lipinski definition) is 1. The number of rotatable bonds is 4. The van der Waals surface area contributed by atoms with Crippen molar-refractivity contribution >= 4 is 29.2 Å². The van der Waals surface area contributed by atoms with E-state index in [2.05, 4.69) is 20.1 Å². The quantitative estimate of drug-likeness (QED) is 0.747. The molecular formula is C6H10N4OS2. The summed E-state index contributed by atoms with van der Waals surface area (Å²) in [6.07, 6.45) is 0. The van der Waals surface area contributed by atoms with E-state index in [1.165, 1.54) is 23.3 Å². The molecule has 1 N–H and O–H groups in total. The average Bonchev–Trinajstić information content (AvgIpc) is 2.51. The van der Waals surface area contributed by atoms with Gasteiger partial charge in [-0.15, -0.1) is 5.10 Å². The molecule has 1 heterocycles. The van der Waals surface area contributed by atoms with Gasteiger partial charge in [0.15, 0.2) is 4.34 Å². The van der Waals surface area contributed by atoms with Crippen molar-refractivity contribution in [1.29, 1.82) is 0 Å². The Kier molecular flexibility index (Phi) is 4.10. The van der Waals surface area contributed by atoms with Gasteiger partial charge in [0.1, 0.15) is 0 Å². The number of carbonyl (C=O) groups is 1. The summed E-state index contributed by atoms with van der Waals surface area (Å²) >= 11 is 2.54. The monoisotopic (exact) mass is 218 g/mol. The maximum atomic E-state index is 11.2. The molecule has 1 amide bonds. The molecule has 0 aliphatic rings. The zero-order valence-corrected chi connectivity index (χ0v) is 8.98. The van der Waals surface area contributed by atoms with E-state index in [0.717, 1.165) is 4.34 Å². The topological polar surface area (TPSA) is 67.8 Å². The molecule has 7 heteroatoms. The molecule has 0 spiro atoms. The third-order valence-corrected chi connectivity index (χ3v) is 2.76. The van der Waals surface area contributed by atoms with E-state index in [9.17, 15) is 4.79 Å². The molecule has 1 rings (SSSR count). The van der Waals surface area contributed by atoms with Crippen molar-refractivity contribution in [3.05, 3.63) is 0 Å². The zero-order chi connectivity index (χ0) is 9.68. The second-order valence-electron chi connectivity index (χ2n) is 2.64. The van der Waals surface area contributed by atoms with Gasteiger partial charge < -0.3 is 5.32 Å². The summed E-state index contributed by atoms with van der Waals surface area (Å²) < 4.78 is 4.31. The van der Waals surface area contributed by atoms with Crippen LogP contribution in [0.4, 0.5) is 0 Å². The summed E-state index contributed by atoms with van der Waals surface area (Å²) in [5.74, 6) is 0.380. The summed E-state index contributed by atoms with van der Waals surface area (Å²) in [6, 6.07) is 0.181. The molecular weight excluding hydrogens is 208 g/mol. The molecule has 0 bridgehead atoms. The molecule has 0 unspecified atom stereocenters. The van der Waals surface area contributed by atoms with Crippen LogP contribution >= 0.6 is 23.3 Å². The van der Waals surface area contributed by atoms with Crippen LogP contribution in [0.3, 0.4) is 0 Å². The molecule has 5 nitrogen and oxygen atoms in total. The summed E-state index contributed by atoms with van der Waals surface area (Å²) in [5, 5.41) is 9.92. The highest BCUT2D eigenvalue weighted by molar-refractivity contribution is 8.01. The van der Waals surface area contributed by atoms with Gasteiger partial charge in [-0.1, -0.05) is 16.3 Å². The fourth-order valence-electron chi connectivity index (χ4n) is 0.672. The maximum Gasteiger partial charge on any atom is 0.230 e. The van der Waals surface area contributed by atoms with Gasteiger partial charge in [0.25, 0.3) is 0 Å². The van der Waals surface area contributed by atoms with Crippen LogP contribution in [0.15, 0.2) is 4.34 Å². The second-order valence-corrected chi connectivity index (χ2v) is 4.59. The first-order valence-corrected chi connectivity index (χ1v) is 5.51. The van der Waals surface area contributed by atoms with E-state index in [4.69, 9.17) is 0 Å². The lowest BCUT2D eigenvalue weighted by Gasteiger charge is -2.06. The molecule has 0 aliphatic carbocycles. The van der Waals surface area contributed by atoms with E-state index >= 15 is 0 Å². The van der Waals surface area contributed by atoms with Crippen molar-refractivity contribution in [2.45, 2.75) is 24.2 Å². The number of amides is 1. The number of thioether (sulfide) groups is 1. The van der Waals surface area contributed by atoms with E-state index in [-0.39, 0.29) is 11.9 Å². The van der Waals surface area contributed by atoms with Crippen LogP contribution < -0.4 is 5.32 Å². The standard InChI is InChI=1S/C6H10N4OS2/c1-4(2)7-5(11)3-12-6-8-9-10-13-6/h4H,3H2,1-2H3,(H,7,11). The maximum absolute atomic E-state index is 11.2. The lowest BCUT2D eigenvalue weighted by Crippen LogP contribution is -2.31. The van der Waals surface area contributed by atoms with E-state index < -0.39 is 0 Å². The predicted molar refractivity (Wildman–Crippen MR) is 51.7 cm³/mol. The third-order valence-electron chi connectivity index (χ3n) is 1.06. The second kappa shape index (κ2) is 5.13. The molecule has 0 fully saturated rings. The van der Waals surface area contributed by atoms with Gasteiger partial charge in [0.2, 0.25) is 5.91 Å². The fourth-order valence-corrected chi connectivity index (χ4v) is 1.81. The molecule has 1 aromatic rings. The van der Waals surface area contributed by atoms with Crippen molar-refractivity contribution in [3.63, 3.8) is 0 Å². The van der Waals surface area contributed by atoms with Gasteiger partial charge in [-0.3, -0.25) is 4.79 Å². The minimum atomic E-state index is 0.00944. The van der Waals surface area contributed by atoms with Crippen LogP contribution in [0, 0.1) is 0 Å². The van der Waals surface area contributed by atoms with Crippen molar-refractivity contribution in [1.82, 2.24) is 20.1 Å². The van der Waals surface area contributed by atoms with Crippen LogP contribution in [-0.2, 0) is 4.79 Å². The van der Waals surface area contributed by atoms with Gasteiger partial charge in [0.05, 0.1) is 5.75 Å². The van der Waals surface area contributed by atoms with Gasteiger partial charge in [-0.25, -0.2) is 0 Å². The van der Waals surface area contributed by atoms with Crippen molar-refractivity contribution in [3.8, 4) is 0 Å². The summed E-state index contributed by atoms with van der Waals surface area (Å²) in [7, 11) is 0. The Hall–Kier alpha value is -0.690.